The second-order valence-electron chi connectivity index (χ2n) is 3.39. The zero-order chi connectivity index (χ0) is 10.6. The van der Waals surface area contributed by atoms with Crippen LogP contribution in [-0.4, -0.2) is 23.5 Å². The van der Waals surface area contributed by atoms with Gasteiger partial charge in [-0.05, 0) is 31.7 Å². The zero-order valence-electron chi connectivity index (χ0n) is 8.57. The molecule has 2 nitrogen and oxygen atoms in total. The van der Waals surface area contributed by atoms with E-state index in [0.717, 1.165) is 11.0 Å². The molecule has 0 radical (unpaired) electrons. The van der Waals surface area contributed by atoms with E-state index in [0.29, 0.717) is 6.04 Å². The van der Waals surface area contributed by atoms with E-state index in [1.54, 1.807) is 0 Å². The Kier molecular flexibility index (Phi) is 4.29. The molecule has 0 aliphatic rings. The van der Waals surface area contributed by atoms with E-state index in [2.05, 4.69) is 46.4 Å². The highest BCUT2D eigenvalue weighted by molar-refractivity contribution is 9.11. The molecule has 0 N–H and O–H groups in total. The highest BCUT2D eigenvalue weighted by atomic mass is 79.9. The van der Waals surface area contributed by atoms with Gasteiger partial charge in [0.25, 0.3) is 0 Å². The van der Waals surface area contributed by atoms with Crippen molar-refractivity contribution < 1.29 is 0 Å². The van der Waals surface area contributed by atoms with Gasteiger partial charge in [-0.1, -0.05) is 22.5 Å². The molecule has 1 aromatic heterocycles. The second-order valence-corrected chi connectivity index (χ2v) is 4.51. The fraction of sp³-hybridized carbons (Fsp3) is 0.364. The standard InChI is InChI=1S/C11H15BrN2/c1-9(12)8-14(3)10(2)11-4-6-13-7-5-11/h4-7,10H,1,8H2,2-3H3/t10-/m0/s1. The third-order valence-corrected chi connectivity index (χ3v) is 2.52. The molecule has 1 atom stereocenters. The molecule has 0 saturated carbocycles. The van der Waals surface area contributed by atoms with Gasteiger partial charge in [-0.25, -0.2) is 0 Å². The number of aromatic nitrogens is 1. The lowest BCUT2D eigenvalue weighted by Crippen LogP contribution is -2.23. The predicted molar refractivity (Wildman–Crippen MR) is 63.3 cm³/mol. The number of nitrogens with zero attached hydrogens (tertiary/aromatic N) is 2. The topological polar surface area (TPSA) is 16.1 Å². The van der Waals surface area contributed by atoms with Crippen molar-refractivity contribution in [1.82, 2.24) is 9.88 Å². The van der Waals surface area contributed by atoms with E-state index in [-0.39, 0.29) is 0 Å². The fourth-order valence-electron chi connectivity index (χ4n) is 1.30. The van der Waals surface area contributed by atoms with Gasteiger partial charge in [0.05, 0.1) is 0 Å². The Hall–Kier alpha value is -0.670. The Labute approximate surface area is 93.8 Å². The lowest BCUT2D eigenvalue weighted by molar-refractivity contribution is 0.288. The van der Waals surface area contributed by atoms with Gasteiger partial charge in [0.2, 0.25) is 0 Å². The van der Waals surface area contributed by atoms with Crippen molar-refractivity contribution in [3.63, 3.8) is 0 Å². The summed E-state index contributed by atoms with van der Waals surface area (Å²) in [6.45, 7) is 6.86. The van der Waals surface area contributed by atoms with Gasteiger partial charge in [0, 0.05) is 29.5 Å². The number of hydrogen-bond acceptors (Lipinski definition) is 2. The van der Waals surface area contributed by atoms with Crippen LogP contribution < -0.4 is 0 Å². The van der Waals surface area contributed by atoms with Crippen molar-refractivity contribution in [3.05, 3.63) is 41.2 Å². The predicted octanol–water partition coefficient (Wildman–Crippen LogP) is 2.98. The molecule has 1 aromatic rings. The van der Waals surface area contributed by atoms with Crippen LogP contribution >= 0.6 is 15.9 Å². The molecule has 0 spiro atoms. The third kappa shape index (κ3) is 3.24. The van der Waals surface area contributed by atoms with Crippen LogP contribution in [0.3, 0.4) is 0 Å². The van der Waals surface area contributed by atoms with Crippen LogP contribution in [0.4, 0.5) is 0 Å². The van der Waals surface area contributed by atoms with Crippen molar-refractivity contribution >= 4 is 15.9 Å². The Morgan fingerprint density at radius 1 is 1.57 bits per heavy atom. The van der Waals surface area contributed by atoms with Crippen molar-refractivity contribution in [1.29, 1.82) is 0 Å². The Morgan fingerprint density at radius 3 is 2.64 bits per heavy atom. The van der Waals surface area contributed by atoms with E-state index in [1.165, 1.54) is 5.56 Å². The Bertz CT molecular complexity index is 297. The summed E-state index contributed by atoms with van der Waals surface area (Å²) < 4.78 is 1.00. The first-order valence-electron chi connectivity index (χ1n) is 4.54. The van der Waals surface area contributed by atoms with Gasteiger partial charge >= 0.3 is 0 Å². The minimum absolute atomic E-state index is 0.382. The lowest BCUT2D eigenvalue weighted by Gasteiger charge is -2.24. The maximum absolute atomic E-state index is 4.00. The second kappa shape index (κ2) is 5.27. The molecule has 0 unspecified atom stereocenters. The van der Waals surface area contributed by atoms with E-state index in [9.17, 15) is 0 Å². The third-order valence-electron chi connectivity index (χ3n) is 2.27. The fourth-order valence-corrected chi connectivity index (χ4v) is 1.70. The Balaban J connectivity index is 2.65. The van der Waals surface area contributed by atoms with Crippen LogP contribution in [0, 0.1) is 0 Å². The first-order valence-corrected chi connectivity index (χ1v) is 5.34. The summed E-state index contributed by atoms with van der Waals surface area (Å²) in [5.74, 6) is 0. The molecule has 0 bridgehead atoms. The van der Waals surface area contributed by atoms with Gasteiger partial charge in [-0.3, -0.25) is 9.88 Å². The summed E-state index contributed by atoms with van der Waals surface area (Å²) in [5, 5.41) is 0. The van der Waals surface area contributed by atoms with Crippen molar-refractivity contribution in [2.45, 2.75) is 13.0 Å². The molecule has 0 aliphatic heterocycles. The lowest BCUT2D eigenvalue weighted by atomic mass is 10.1. The molecule has 1 rings (SSSR count). The number of pyridine rings is 1. The minimum atomic E-state index is 0.382. The van der Waals surface area contributed by atoms with Crippen LogP contribution in [0.2, 0.25) is 0 Å². The summed E-state index contributed by atoms with van der Waals surface area (Å²) in [6.07, 6.45) is 3.64. The maximum Gasteiger partial charge on any atom is 0.0321 e. The van der Waals surface area contributed by atoms with Crippen LogP contribution in [-0.2, 0) is 0 Å². The Morgan fingerprint density at radius 2 is 2.14 bits per heavy atom. The molecule has 14 heavy (non-hydrogen) atoms. The minimum Gasteiger partial charge on any atom is -0.295 e. The molecule has 76 valence electrons. The largest absolute Gasteiger partial charge is 0.295 e. The SMILES string of the molecule is C=C(Br)CN(C)[C@@H](C)c1ccncc1. The average Bonchev–Trinajstić information content (AvgIpc) is 2.17. The van der Waals surface area contributed by atoms with Crippen molar-refractivity contribution in [3.8, 4) is 0 Å². The summed E-state index contributed by atoms with van der Waals surface area (Å²) in [6, 6.07) is 4.46. The summed E-state index contributed by atoms with van der Waals surface area (Å²) >= 11 is 3.37. The first kappa shape index (κ1) is 11.4. The van der Waals surface area contributed by atoms with E-state index in [1.807, 2.05) is 24.5 Å². The van der Waals surface area contributed by atoms with E-state index >= 15 is 0 Å². The zero-order valence-corrected chi connectivity index (χ0v) is 10.2. The summed E-state index contributed by atoms with van der Waals surface area (Å²) in [5.41, 5.74) is 1.27. The molecule has 0 fully saturated rings. The maximum atomic E-state index is 4.00. The number of halogens is 1. The van der Waals surface area contributed by atoms with Crippen LogP contribution in [0.15, 0.2) is 35.6 Å². The van der Waals surface area contributed by atoms with E-state index in [4.69, 9.17) is 0 Å². The monoisotopic (exact) mass is 254 g/mol. The van der Waals surface area contributed by atoms with Crippen LogP contribution in [0.1, 0.15) is 18.5 Å². The van der Waals surface area contributed by atoms with Crippen molar-refractivity contribution in [2.75, 3.05) is 13.6 Å². The highest BCUT2D eigenvalue weighted by Gasteiger charge is 2.10. The summed E-state index contributed by atoms with van der Waals surface area (Å²) in [7, 11) is 2.08. The van der Waals surface area contributed by atoms with Gasteiger partial charge in [-0.15, -0.1) is 0 Å². The van der Waals surface area contributed by atoms with E-state index < -0.39 is 0 Å². The molecular formula is C11H15BrN2. The highest BCUT2D eigenvalue weighted by Crippen LogP contribution is 2.19. The quantitative estimate of drug-likeness (QED) is 0.822. The first-order chi connectivity index (χ1) is 6.61. The van der Waals surface area contributed by atoms with Gasteiger partial charge in [0.1, 0.15) is 0 Å². The van der Waals surface area contributed by atoms with Crippen molar-refractivity contribution in [2.24, 2.45) is 0 Å². The van der Waals surface area contributed by atoms with Crippen LogP contribution in [0.25, 0.3) is 0 Å². The number of hydrogen-bond donors (Lipinski definition) is 0. The molecule has 0 aliphatic carbocycles. The molecule has 1 heterocycles. The number of likely N-dealkylation sites (N-methyl/N-ethyl adjacent to an activating group) is 1. The number of rotatable bonds is 4. The molecule has 0 saturated heterocycles. The molecule has 0 aromatic carbocycles. The van der Waals surface area contributed by atoms with Gasteiger partial charge < -0.3 is 0 Å². The van der Waals surface area contributed by atoms with Crippen LogP contribution in [0.5, 0.6) is 0 Å². The molecule has 0 amide bonds. The van der Waals surface area contributed by atoms with Gasteiger partial charge in [-0.2, -0.15) is 0 Å². The molecular weight excluding hydrogens is 240 g/mol. The van der Waals surface area contributed by atoms with Gasteiger partial charge in [0.15, 0.2) is 0 Å². The molecule has 3 heteroatoms. The summed E-state index contributed by atoms with van der Waals surface area (Å²) in [4.78, 5) is 6.23. The normalized spacial score (nSPS) is 12.9. The smallest absolute Gasteiger partial charge is 0.0321 e. The average molecular weight is 255 g/mol.